The van der Waals surface area contributed by atoms with E-state index in [1.807, 2.05) is 6.07 Å². The van der Waals surface area contributed by atoms with Gasteiger partial charge < -0.3 is 5.11 Å². The van der Waals surface area contributed by atoms with E-state index in [9.17, 15) is 5.11 Å². The van der Waals surface area contributed by atoms with Gasteiger partial charge in [0.1, 0.15) is 0 Å². The molecule has 0 aliphatic rings. The molecule has 0 fully saturated rings. The summed E-state index contributed by atoms with van der Waals surface area (Å²) in [6.45, 7) is 4.23. The first-order valence-corrected chi connectivity index (χ1v) is 5.24. The molecule has 2 rings (SSSR count). The molecule has 2 aromatic rings. The standard InChI is InChI=1S/C11H12OS/c1-3-8-4-7(2)5-10-9(8)6-11(12)13-10/h4-6,12H,3H2,1-2H3. The molecule has 1 N–H and O–H groups in total. The quantitative estimate of drug-likeness (QED) is 0.733. The molecule has 0 unspecified atom stereocenters. The molecule has 0 atom stereocenters. The van der Waals surface area contributed by atoms with E-state index in [0.717, 1.165) is 6.42 Å². The van der Waals surface area contributed by atoms with Crippen LogP contribution in [0.4, 0.5) is 0 Å². The van der Waals surface area contributed by atoms with Crippen LogP contribution in [0.1, 0.15) is 18.1 Å². The van der Waals surface area contributed by atoms with Gasteiger partial charge in [0.2, 0.25) is 0 Å². The number of aromatic hydroxyl groups is 1. The van der Waals surface area contributed by atoms with Gasteiger partial charge in [0.25, 0.3) is 0 Å². The van der Waals surface area contributed by atoms with Crippen LogP contribution < -0.4 is 0 Å². The van der Waals surface area contributed by atoms with E-state index in [1.165, 1.54) is 32.5 Å². The van der Waals surface area contributed by atoms with Crippen LogP contribution in [0.2, 0.25) is 0 Å². The number of hydrogen-bond acceptors (Lipinski definition) is 2. The molecule has 13 heavy (non-hydrogen) atoms. The number of fused-ring (bicyclic) bond motifs is 1. The second kappa shape index (κ2) is 3.04. The lowest BCUT2D eigenvalue weighted by molar-refractivity contribution is 0.491. The first-order valence-electron chi connectivity index (χ1n) is 4.42. The molecule has 0 saturated carbocycles. The number of hydrogen-bond donors (Lipinski definition) is 1. The van der Waals surface area contributed by atoms with E-state index >= 15 is 0 Å². The molecule has 0 spiro atoms. The summed E-state index contributed by atoms with van der Waals surface area (Å²) < 4.78 is 1.19. The van der Waals surface area contributed by atoms with Crippen LogP contribution in [0.15, 0.2) is 18.2 Å². The van der Waals surface area contributed by atoms with Gasteiger partial charge in [-0.25, -0.2) is 0 Å². The van der Waals surface area contributed by atoms with E-state index in [1.54, 1.807) is 0 Å². The zero-order chi connectivity index (χ0) is 9.42. The highest BCUT2D eigenvalue weighted by molar-refractivity contribution is 7.20. The van der Waals surface area contributed by atoms with Gasteiger partial charge in [0.15, 0.2) is 5.06 Å². The van der Waals surface area contributed by atoms with Gasteiger partial charge in [-0.2, -0.15) is 0 Å². The summed E-state index contributed by atoms with van der Waals surface area (Å²) in [5, 5.41) is 11.0. The number of thiophene rings is 1. The fourth-order valence-corrected chi connectivity index (χ4v) is 2.59. The molecule has 0 amide bonds. The first kappa shape index (κ1) is 8.57. The van der Waals surface area contributed by atoms with Gasteiger partial charge in [-0.05, 0) is 42.0 Å². The summed E-state index contributed by atoms with van der Waals surface area (Å²) in [4.78, 5) is 0. The summed E-state index contributed by atoms with van der Waals surface area (Å²) in [5.41, 5.74) is 2.60. The van der Waals surface area contributed by atoms with Gasteiger partial charge in [-0.3, -0.25) is 0 Å². The number of benzene rings is 1. The Balaban J connectivity index is 2.80. The summed E-state index contributed by atoms with van der Waals surface area (Å²) in [7, 11) is 0. The van der Waals surface area contributed by atoms with Crippen LogP contribution in [-0.4, -0.2) is 5.11 Å². The second-order valence-corrected chi connectivity index (χ2v) is 4.34. The lowest BCUT2D eigenvalue weighted by Gasteiger charge is -2.00. The van der Waals surface area contributed by atoms with Crippen LogP contribution in [0.3, 0.4) is 0 Å². The molecule has 1 nitrogen and oxygen atoms in total. The van der Waals surface area contributed by atoms with Gasteiger partial charge in [-0.1, -0.05) is 24.3 Å². The molecule has 2 heteroatoms. The maximum atomic E-state index is 9.39. The fourth-order valence-electron chi connectivity index (χ4n) is 1.64. The molecule has 1 aromatic carbocycles. The highest BCUT2D eigenvalue weighted by atomic mass is 32.1. The molecule has 68 valence electrons. The molecule has 1 heterocycles. The smallest absolute Gasteiger partial charge is 0.172 e. The molecule has 0 saturated heterocycles. The van der Waals surface area contributed by atoms with Gasteiger partial charge in [0, 0.05) is 4.70 Å². The fraction of sp³-hybridized carbons (Fsp3) is 0.273. The van der Waals surface area contributed by atoms with Crippen molar-refractivity contribution in [3.05, 3.63) is 29.3 Å². The van der Waals surface area contributed by atoms with Crippen molar-refractivity contribution in [1.29, 1.82) is 0 Å². The van der Waals surface area contributed by atoms with Crippen molar-refractivity contribution in [1.82, 2.24) is 0 Å². The third-order valence-corrected chi connectivity index (χ3v) is 3.12. The van der Waals surface area contributed by atoms with E-state index in [2.05, 4.69) is 26.0 Å². The van der Waals surface area contributed by atoms with E-state index in [-0.39, 0.29) is 0 Å². The largest absolute Gasteiger partial charge is 0.499 e. The van der Waals surface area contributed by atoms with Gasteiger partial charge >= 0.3 is 0 Å². The van der Waals surface area contributed by atoms with Gasteiger partial charge in [0.05, 0.1) is 0 Å². The lowest BCUT2D eigenvalue weighted by atomic mass is 10.1. The molecule has 1 aromatic heterocycles. The van der Waals surface area contributed by atoms with Crippen molar-refractivity contribution in [3.63, 3.8) is 0 Å². The second-order valence-electron chi connectivity index (χ2n) is 3.27. The minimum atomic E-state index is 0.412. The highest BCUT2D eigenvalue weighted by Crippen LogP contribution is 2.33. The summed E-state index contributed by atoms with van der Waals surface area (Å²) in [6.07, 6.45) is 1.02. The van der Waals surface area contributed by atoms with Crippen LogP contribution in [-0.2, 0) is 6.42 Å². The van der Waals surface area contributed by atoms with Crippen molar-refractivity contribution >= 4 is 21.4 Å². The van der Waals surface area contributed by atoms with Crippen LogP contribution in [0.5, 0.6) is 5.06 Å². The maximum Gasteiger partial charge on any atom is 0.172 e. The third kappa shape index (κ3) is 1.42. The topological polar surface area (TPSA) is 20.2 Å². The predicted octanol–water partition coefficient (Wildman–Crippen LogP) is 3.48. The van der Waals surface area contributed by atoms with Crippen molar-refractivity contribution in [2.24, 2.45) is 0 Å². The average molecular weight is 192 g/mol. The minimum absolute atomic E-state index is 0.412. The van der Waals surface area contributed by atoms with Crippen molar-refractivity contribution in [2.45, 2.75) is 20.3 Å². The molecule has 0 bridgehead atoms. The molecular weight excluding hydrogens is 180 g/mol. The summed E-state index contributed by atoms with van der Waals surface area (Å²) in [5.74, 6) is 0. The Morgan fingerprint density at radius 1 is 1.31 bits per heavy atom. The van der Waals surface area contributed by atoms with Crippen molar-refractivity contribution in [3.8, 4) is 5.06 Å². The summed E-state index contributed by atoms with van der Waals surface area (Å²) in [6, 6.07) is 6.17. The Morgan fingerprint density at radius 2 is 2.08 bits per heavy atom. The monoisotopic (exact) mass is 192 g/mol. The molecule has 0 radical (unpaired) electrons. The number of rotatable bonds is 1. The van der Waals surface area contributed by atoms with Crippen molar-refractivity contribution < 1.29 is 5.11 Å². The van der Waals surface area contributed by atoms with Crippen LogP contribution >= 0.6 is 11.3 Å². The SMILES string of the molecule is CCc1cc(C)cc2sc(O)cc12. The van der Waals surface area contributed by atoms with E-state index in [0.29, 0.717) is 5.06 Å². The average Bonchev–Trinajstić information content (AvgIpc) is 2.43. The zero-order valence-electron chi connectivity index (χ0n) is 7.79. The molecule has 0 aliphatic heterocycles. The third-order valence-electron chi connectivity index (χ3n) is 2.24. The lowest BCUT2D eigenvalue weighted by Crippen LogP contribution is -1.82. The Labute approximate surface area is 81.6 Å². The van der Waals surface area contributed by atoms with E-state index in [4.69, 9.17) is 0 Å². The highest BCUT2D eigenvalue weighted by Gasteiger charge is 2.04. The molecule has 0 aliphatic carbocycles. The Morgan fingerprint density at radius 3 is 2.77 bits per heavy atom. The summed E-state index contributed by atoms with van der Waals surface area (Å²) >= 11 is 1.45. The molecular formula is C11H12OS. The Kier molecular flexibility index (Phi) is 2.00. The van der Waals surface area contributed by atoms with Crippen LogP contribution in [0, 0.1) is 6.92 Å². The normalized spacial score (nSPS) is 10.9. The predicted molar refractivity (Wildman–Crippen MR) is 57.6 cm³/mol. The van der Waals surface area contributed by atoms with Gasteiger partial charge in [-0.15, -0.1) is 0 Å². The first-order chi connectivity index (χ1) is 6.20. The van der Waals surface area contributed by atoms with Crippen molar-refractivity contribution in [2.75, 3.05) is 0 Å². The Hall–Kier alpha value is -1.02. The zero-order valence-corrected chi connectivity index (χ0v) is 8.61. The number of aryl methyl sites for hydroxylation is 2. The van der Waals surface area contributed by atoms with Crippen LogP contribution in [0.25, 0.3) is 10.1 Å². The Bertz CT molecular complexity index is 443. The van der Waals surface area contributed by atoms with E-state index < -0.39 is 0 Å². The minimum Gasteiger partial charge on any atom is -0.499 e. The maximum absolute atomic E-state index is 9.39.